The molecule has 0 bridgehead atoms. The number of aryl methyl sites for hydroxylation is 1. The molecule has 0 fully saturated rings. The first-order chi connectivity index (χ1) is 6.79. The van der Waals surface area contributed by atoms with Crippen LogP contribution in [0.3, 0.4) is 0 Å². The van der Waals surface area contributed by atoms with Crippen LogP contribution in [0.5, 0.6) is 5.88 Å². The molecular weight excluding hydrogens is 180 g/mol. The van der Waals surface area contributed by atoms with E-state index in [9.17, 15) is 0 Å². The number of aromatic nitrogens is 2. The van der Waals surface area contributed by atoms with Crippen molar-refractivity contribution >= 4 is 0 Å². The number of pyridine rings is 1. The second-order valence-electron chi connectivity index (χ2n) is 2.86. The molecule has 14 heavy (non-hydrogen) atoms. The van der Waals surface area contributed by atoms with Gasteiger partial charge in [0.1, 0.15) is 5.76 Å². The van der Waals surface area contributed by atoms with Crippen LogP contribution in [0.1, 0.15) is 5.76 Å². The fourth-order valence-corrected chi connectivity index (χ4v) is 1.14. The van der Waals surface area contributed by atoms with E-state index in [0.717, 1.165) is 11.3 Å². The second-order valence-corrected chi connectivity index (χ2v) is 2.86. The molecule has 0 radical (unpaired) electrons. The monoisotopic (exact) mass is 190 g/mol. The SMILES string of the molecule is COc1cc(-c2ncc(C)o2)ccn1. The molecule has 0 aliphatic carbocycles. The van der Waals surface area contributed by atoms with Crippen LogP contribution in [0, 0.1) is 6.92 Å². The summed E-state index contributed by atoms with van der Waals surface area (Å²) in [6.07, 6.45) is 3.34. The topological polar surface area (TPSA) is 48.2 Å². The average molecular weight is 190 g/mol. The Labute approximate surface area is 81.6 Å². The number of methoxy groups -OCH3 is 1. The third-order valence-corrected chi connectivity index (χ3v) is 1.81. The van der Waals surface area contributed by atoms with Crippen molar-refractivity contribution in [2.75, 3.05) is 7.11 Å². The summed E-state index contributed by atoms with van der Waals surface area (Å²) < 4.78 is 10.4. The summed E-state index contributed by atoms with van der Waals surface area (Å²) in [7, 11) is 1.58. The van der Waals surface area contributed by atoms with Gasteiger partial charge in [-0.05, 0) is 13.0 Å². The van der Waals surface area contributed by atoms with Gasteiger partial charge < -0.3 is 9.15 Å². The quantitative estimate of drug-likeness (QED) is 0.727. The largest absolute Gasteiger partial charge is 0.481 e. The fourth-order valence-electron chi connectivity index (χ4n) is 1.14. The van der Waals surface area contributed by atoms with E-state index in [1.807, 2.05) is 13.0 Å². The minimum Gasteiger partial charge on any atom is -0.481 e. The first-order valence-corrected chi connectivity index (χ1v) is 4.22. The number of ether oxygens (including phenoxy) is 1. The lowest BCUT2D eigenvalue weighted by Crippen LogP contribution is -1.87. The molecule has 0 aliphatic rings. The van der Waals surface area contributed by atoms with E-state index in [1.165, 1.54) is 0 Å². The van der Waals surface area contributed by atoms with Crippen molar-refractivity contribution in [1.82, 2.24) is 9.97 Å². The Morgan fingerprint density at radius 1 is 1.36 bits per heavy atom. The van der Waals surface area contributed by atoms with Gasteiger partial charge >= 0.3 is 0 Å². The van der Waals surface area contributed by atoms with Crippen molar-refractivity contribution in [3.8, 4) is 17.3 Å². The number of hydrogen-bond donors (Lipinski definition) is 0. The van der Waals surface area contributed by atoms with E-state index in [1.54, 1.807) is 25.6 Å². The van der Waals surface area contributed by atoms with E-state index in [-0.39, 0.29) is 0 Å². The van der Waals surface area contributed by atoms with Crippen LogP contribution < -0.4 is 4.74 Å². The lowest BCUT2D eigenvalue weighted by molar-refractivity contribution is 0.398. The first kappa shape index (κ1) is 8.74. The Morgan fingerprint density at radius 2 is 2.21 bits per heavy atom. The Hall–Kier alpha value is -1.84. The van der Waals surface area contributed by atoms with Crippen molar-refractivity contribution in [1.29, 1.82) is 0 Å². The Morgan fingerprint density at radius 3 is 2.86 bits per heavy atom. The summed E-state index contributed by atoms with van der Waals surface area (Å²) in [6, 6.07) is 3.61. The van der Waals surface area contributed by atoms with Crippen LogP contribution in [0.2, 0.25) is 0 Å². The van der Waals surface area contributed by atoms with E-state index in [2.05, 4.69) is 9.97 Å². The maximum Gasteiger partial charge on any atom is 0.226 e. The molecule has 2 rings (SSSR count). The summed E-state index contributed by atoms with van der Waals surface area (Å²) in [5.74, 6) is 1.93. The van der Waals surface area contributed by atoms with E-state index < -0.39 is 0 Å². The highest BCUT2D eigenvalue weighted by Crippen LogP contribution is 2.21. The summed E-state index contributed by atoms with van der Waals surface area (Å²) in [6.45, 7) is 1.86. The van der Waals surface area contributed by atoms with Gasteiger partial charge in [0.05, 0.1) is 13.3 Å². The van der Waals surface area contributed by atoms with Crippen LogP contribution in [-0.2, 0) is 0 Å². The molecule has 0 atom stereocenters. The van der Waals surface area contributed by atoms with E-state index in [0.29, 0.717) is 11.8 Å². The molecule has 0 aliphatic heterocycles. The highest BCUT2D eigenvalue weighted by molar-refractivity contribution is 5.53. The highest BCUT2D eigenvalue weighted by Gasteiger charge is 2.05. The Balaban J connectivity index is 2.41. The minimum absolute atomic E-state index is 0.554. The molecule has 2 heterocycles. The normalized spacial score (nSPS) is 10.1. The molecule has 2 aromatic heterocycles. The molecule has 0 amide bonds. The number of oxazole rings is 1. The molecule has 0 spiro atoms. The summed E-state index contributed by atoms with van der Waals surface area (Å²) in [5, 5.41) is 0. The van der Waals surface area contributed by atoms with Gasteiger partial charge in [0.25, 0.3) is 0 Å². The van der Waals surface area contributed by atoms with Gasteiger partial charge in [-0.1, -0.05) is 0 Å². The van der Waals surface area contributed by atoms with Gasteiger partial charge in [-0.25, -0.2) is 9.97 Å². The molecule has 0 N–H and O–H groups in total. The molecule has 0 saturated carbocycles. The molecule has 0 saturated heterocycles. The molecular formula is C10H10N2O2. The standard InChI is InChI=1S/C10H10N2O2/c1-7-6-12-10(14-7)8-3-4-11-9(5-8)13-2/h3-6H,1-2H3. The first-order valence-electron chi connectivity index (χ1n) is 4.22. The molecule has 0 unspecified atom stereocenters. The number of hydrogen-bond acceptors (Lipinski definition) is 4. The zero-order valence-corrected chi connectivity index (χ0v) is 8.02. The van der Waals surface area contributed by atoms with Gasteiger partial charge in [-0.15, -0.1) is 0 Å². The van der Waals surface area contributed by atoms with Gasteiger partial charge in [0.15, 0.2) is 0 Å². The van der Waals surface area contributed by atoms with Crippen molar-refractivity contribution in [2.24, 2.45) is 0 Å². The van der Waals surface area contributed by atoms with Crippen molar-refractivity contribution in [3.05, 3.63) is 30.3 Å². The molecule has 4 heteroatoms. The van der Waals surface area contributed by atoms with Crippen LogP contribution in [0.25, 0.3) is 11.5 Å². The van der Waals surface area contributed by atoms with Gasteiger partial charge in [0, 0.05) is 17.8 Å². The minimum atomic E-state index is 0.554. The van der Waals surface area contributed by atoms with Gasteiger partial charge in [0.2, 0.25) is 11.8 Å². The molecule has 72 valence electrons. The highest BCUT2D eigenvalue weighted by atomic mass is 16.5. The van der Waals surface area contributed by atoms with Gasteiger partial charge in [-0.2, -0.15) is 0 Å². The van der Waals surface area contributed by atoms with Crippen molar-refractivity contribution < 1.29 is 9.15 Å². The molecule has 2 aromatic rings. The van der Waals surface area contributed by atoms with Crippen molar-refractivity contribution in [3.63, 3.8) is 0 Å². The van der Waals surface area contributed by atoms with E-state index >= 15 is 0 Å². The predicted octanol–water partition coefficient (Wildman–Crippen LogP) is 2.05. The van der Waals surface area contributed by atoms with Gasteiger partial charge in [-0.3, -0.25) is 0 Å². The fraction of sp³-hybridized carbons (Fsp3) is 0.200. The second kappa shape index (κ2) is 3.49. The predicted molar refractivity (Wildman–Crippen MR) is 51.0 cm³/mol. The van der Waals surface area contributed by atoms with E-state index in [4.69, 9.17) is 9.15 Å². The van der Waals surface area contributed by atoms with Crippen LogP contribution in [0.15, 0.2) is 28.9 Å². The lowest BCUT2D eigenvalue weighted by Gasteiger charge is -1.99. The summed E-state index contributed by atoms with van der Waals surface area (Å²) >= 11 is 0. The molecule has 0 aromatic carbocycles. The number of nitrogens with zero attached hydrogens (tertiary/aromatic N) is 2. The zero-order chi connectivity index (χ0) is 9.97. The van der Waals surface area contributed by atoms with Crippen LogP contribution in [0.4, 0.5) is 0 Å². The summed E-state index contributed by atoms with van der Waals surface area (Å²) in [5.41, 5.74) is 0.866. The number of rotatable bonds is 2. The third kappa shape index (κ3) is 1.59. The Kier molecular flexibility index (Phi) is 2.18. The van der Waals surface area contributed by atoms with Crippen molar-refractivity contribution in [2.45, 2.75) is 6.92 Å². The van der Waals surface area contributed by atoms with Crippen LogP contribution >= 0.6 is 0 Å². The average Bonchev–Trinajstić information content (AvgIpc) is 2.65. The maximum absolute atomic E-state index is 5.37. The smallest absolute Gasteiger partial charge is 0.226 e. The van der Waals surface area contributed by atoms with Crippen LogP contribution in [-0.4, -0.2) is 17.1 Å². The summed E-state index contributed by atoms with van der Waals surface area (Å²) in [4.78, 5) is 8.11. The lowest BCUT2D eigenvalue weighted by atomic mass is 10.3. The zero-order valence-electron chi connectivity index (χ0n) is 8.02. The Bertz CT molecular complexity index is 437. The molecule has 4 nitrogen and oxygen atoms in total. The maximum atomic E-state index is 5.37. The third-order valence-electron chi connectivity index (χ3n) is 1.81.